The summed E-state index contributed by atoms with van der Waals surface area (Å²) in [5.74, 6) is 0.672. The molecule has 1 aromatic carbocycles. The molecule has 2 aliphatic carbocycles. The van der Waals surface area contributed by atoms with Crippen LogP contribution in [0.2, 0.25) is 5.32 Å². The molecule has 1 amide bonds. The molecule has 0 aliphatic heterocycles. The van der Waals surface area contributed by atoms with Gasteiger partial charge in [-0.25, -0.2) is 0 Å². The van der Waals surface area contributed by atoms with Gasteiger partial charge in [0.1, 0.15) is 0 Å². The van der Waals surface area contributed by atoms with Crippen LogP contribution in [0.4, 0.5) is 0 Å². The van der Waals surface area contributed by atoms with Gasteiger partial charge in [-0.2, -0.15) is 0 Å². The number of benzene rings is 1. The number of hydrogen-bond donors (Lipinski definition) is 0. The zero-order chi connectivity index (χ0) is 18.0. The van der Waals surface area contributed by atoms with Gasteiger partial charge in [-0.3, -0.25) is 0 Å². The van der Waals surface area contributed by atoms with Crippen molar-refractivity contribution >= 4 is 31.1 Å². The number of nitrogens with zero attached hydrogens (tertiary/aromatic N) is 1. The first-order chi connectivity index (χ1) is 11.9. The van der Waals surface area contributed by atoms with Crippen LogP contribution in [0.15, 0.2) is 30.3 Å². The average Bonchev–Trinajstić information content (AvgIpc) is 2.84. The van der Waals surface area contributed by atoms with Crippen molar-refractivity contribution in [3.8, 4) is 0 Å². The van der Waals surface area contributed by atoms with Crippen LogP contribution in [-0.2, 0) is 9.59 Å². The molecule has 2 fully saturated rings. The van der Waals surface area contributed by atoms with Gasteiger partial charge in [0.2, 0.25) is 0 Å². The van der Waals surface area contributed by atoms with Crippen LogP contribution < -0.4 is 4.46 Å². The van der Waals surface area contributed by atoms with Crippen molar-refractivity contribution in [2.75, 3.05) is 14.1 Å². The molecule has 0 spiro atoms. The molecule has 0 N–H and O–H groups in total. The van der Waals surface area contributed by atoms with Crippen molar-refractivity contribution in [3.63, 3.8) is 0 Å². The summed E-state index contributed by atoms with van der Waals surface area (Å²) >= 11 is 0.473. The fourth-order valence-electron chi connectivity index (χ4n) is 4.88. The van der Waals surface area contributed by atoms with Crippen LogP contribution >= 0.6 is 0 Å². The van der Waals surface area contributed by atoms with Gasteiger partial charge in [0.25, 0.3) is 0 Å². The van der Waals surface area contributed by atoms with Gasteiger partial charge in [0.05, 0.1) is 0 Å². The molecule has 1 aromatic rings. The number of carbonyl (C=O) groups excluding carboxylic acids is 2. The van der Waals surface area contributed by atoms with E-state index >= 15 is 0 Å². The number of ketones is 1. The molecule has 0 aromatic heterocycles. The first-order valence-electron chi connectivity index (χ1n) is 9.35. The number of amides is 1. The van der Waals surface area contributed by atoms with E-state index in [1.165, 1.54) is 16.2 Å². The van der Waals surface area contributed by atoms with Gasteiger partial charge in [0, 0.05) is 0 Å². The summed E-state index contributed by atoms with van der Waals surface area (Å²) in [6.45, 7) is 2.37. The predicted octanol–water partition coefficient (Wildman–Crippen LogP) is 2.92. The van der Waals surface area contributed by atoms with Gasteiger partial charge in [-0.05, 0) is 0 Å². The van der Waals surface area contributed by atoms with Crippen molar-refractivity contribution < 1.29 is 9.59 Å². The second-order valence-electron chi connectivity index (χ2n) is 8.04. The Morgan fingerprint density at radius 3 is 2.64 bits per heavy atom. The summed E-state index contributed by atoms with van der Waals surface area (Å²) in [5.41, 5.74) is 0.138. The van der Waals surface area contributed by atoms with Crippen molar-refractivity contribution in [1.29, 1.82) is 0 Å². The second-order valence-corrected chi connectivity index (χ2v) is 10.3. The van der Waals surface area contributed by atoms with Gasteiger partial charge in [0.15, 0.2) is 0 Å². The molecule has 0 saturated heterocycles. The zero-order valence-corrected chi connectivity index (χ0v) is 17.2. The third-order valence-electron chi connectivity index (χ3n) is 6.39. The van der Waals surface area contributed by atoms with E-state index in [1.54, 1.807) is 19.0 Å². The number of fused-ring (bicyclic) bond motifs is 1. The molecule has 0 unspecified atom stereocenters. The normalized spacial score (nSPS) is 32.1. The molecule has 2 saturated carbocycles. The SMILES string of the molecule is CN(C)C(=O)[C@H]1C(=O)CCC[C@]2(C)[C@@H](C[Se]c3ccccc3)CC[C@H]12. The van der Waals surface area contributed by atoms with E-state index in [1.807, 2.05) is 0 Å². The molecule has 3 nitrogen and oxygen atoms in total. The number of hydrogen-bond acceptors (Lipinski definition) is 2. The summed E-state index contributed by atoms with van der Waals surface area (Å²) in [4.78, 5) is 27.0. The Morgan fingerprint density at radius 2 is 1.96 bits per heavy atom. The second kappa shape index (κ2) is 7.63. The van der Waals surface area contributed by atoms with E-state index < -0.39 is 5.92 Å². The van der Waals surface area contributed by atoms with Crippen LogP contribution in [0, 0.1) is 23.2 Å². The quantitative estimate of drug-likeness (QED) is 0.570. The molecule has 0 radical (unpaired) electrons. The van der Waals surface area contributed by atoms with E-state index in [0.29, 0.717) is 27.3 Å². The van der Waals surface area contributed by atoms with E-state index in [4.69, 9.17) is 0 Å². The predicted molar refractivity (Wildman–Crippen MR) is 102 cm³/mol. The maximum atomic E-state index is 12.7. The summed E-state index contributed by atoms with van der Waals surface area (Å²) in [6.07, 6.45) is 4.81. The van der Waals surface area contributed by atoms with Gasteiger partial charge in [-0.15, -0.1) is 0 Å². The van der Waals surface area contributed by atoms with Crippen LogP contribution in [-0.4, -0.2) is 45.6 Å². The molecule has 136 valence electrons. The standard InChI is InChI=1S/C21H29NO2Se/c1-21-13-7-10-18(23)19(20(24)22(2)3)17(21)12-11-15(21)14-25-16-8-5-4-6-9-16/h4-6,8-9,15,17,19H,7,10-14H2,1-3H3/t15-,17-,19-,21-/m1/s1. The Bertz CT molecular complexity index is 630. The van der Waals surface area contributed by atoms with Crippen molar-refractivity contribution in [1.82, 2.24) is 4.90 Å². The van der Waals surface area contributed by atoms with Gasteiger partial charge >= 0.3 is 158 Å². The Hall–Kier alpha value is -1.12. The summed E-state index contributed by atoms with van der Waals surface area (Å²) in [6, 6.07) is 10.8. The fraction of sp³-hybridized carbons (Fsp3) is 0.619. The Kier molecular flexibility index (Phi) is 5.70. The fourth-order valence-corrected chi connectivity index (χ4v) is 7.59. The molecular weight excluding hydrogens is 377 g/mol. The number of Topliss-reactive ketones (excluding diaryl/α,β-unsaturated/α-hetero) is 1. The van der Waals surface area contributed by atoms with Gasteiger partial charge in [-0.1, -0.05) is 0 Å². The number of carbonyl (C=O) groups is 2. The van der Waals surface area contributed by atoms with E-state index in [9.17, 15) is 9.59 Å². The van der Waals surface area contributed by atoms with Crippen molar-refractivity contribution in [2.24, 2.45) is 23.2 Å². The van der Waals surface area contributed by atoms with E-state index in [0.717, 1.165) is 19.3 Å². The zero-order valence-electron chi connectivity index (χ0n) is 15.5. The summed E-state index contributed by atoms with van der Waals surface area (Å²) in [7, 11) is 3.56. The molecule has 25 heavy (non-hydrogen) atoms. The molecule has 2 aliphatic rings. The minimum atomic E-state index is -0.406. The summed E-state index contributed by atoms with van der Waals surface area (Å²) in [5, 5.41) is 1.22. The van der Waals surface area contributed by atoms with E-state index in [-0.39, 0.29) is 23.0 Å². The Labute approximate surface area is 157 Å². The van der Waals surface area contributed by atoms with Crippen molar-refractivity contribution in [2.45, 2.75) is 44.3 Å². The summed E-state index contributed by atoms with van der Waals surface area (Å²) < 4.78 is 1.45. The first kappa shape index (κ1) is 18.7. The van der Waals surface area contributed by atoms with Crippen LogP contribution in [0.3, 0.4) is 0 Å². The van der Waals surface area contributed by atoms with Crippen molar-refractivity contribution in [3.05, 3.63) is 30.3 Å². The third kappa shape index (κ3) is 3.71. The minimum absolute atomic E-state index is 0.0253. The first-order valence-corrected chi connectivity index (χ1v) is 11.4. The van der Waals surface area contributed by atoms with Crippen LogP contribution in [0.5, 0.6) is 0 Å². The molecule has 4 atom stereocenters. The van der Waals surface area contributed by atoms with Crippen LogP contribution in [0.25, 0.3) is 0 Å². The van der Waals surface area contributed by atoms with Crippen LogP contribution in [0.1, 0.15) is 39.0 Å². The number of rotatable bonds is 4. The molecule has 3 rings (SSSR count). The van der Waals surface area contributed by atoms with E-state index in [2.05, 4.69) is 37.3 Å². The monoisotopic (exact) mass is 407 g/mol. The molecule has 4 heteroatoms. The average molecular weight is 406 g/mol. The maximum absolute atomic E-state index is 12.7. The topological polar surface area (TPSA) is 37.4 Å². The molecular formula is C21H29NO2Se. The molecule has 0 heterocycles. The third-order valence-corrected chi connectivity index (χ3v) is 8.86. The Balaban J connectivity index is 1.79. The molecule has 0 bridgehead atoms. The van der Waals surface area contributed by atoms with Gasteiger partial charge < -0.3 is 0 Å². The Morgan fingerprint density at radius 1 is 1.24 bits per heavy atom.